The van der Waals surface area contributed by atoms with E-state index in [1.54, 1.807) is 6.20 Å². The zero-order chi connectivity index (χ0) is 16.9. The summed E-state index contributed by atoms with van der Waals surface area (Å²) in [6.45, 7) is 6.70. The molecule has 0 spiro atoms. The molecule has 3 rings (SSSR count). The summed E-state index contributed by atoms with van der Waals surface area (Å²) in [5.41, 5.74) is 2.25. The van der Waals surface area contributed by atoms with Gasteiger partial charge in [0.05, 0.1) is 11.9 Å². The van der Waals surface area contributed by atoms with Gasteiger partial charge in [-0.1, -0.05) is 0 Å². The molecule has 2 aromatic heterocycles. The standard InChI is InChI=1S/C17H23N5O2/c1-12-9-20-15(11-19-12)17(23)18-5-6-22-13(2)10-21-16(22)14-3-7-24-8-4-14/h9-11,14H,3-8H2,1-2H3,(H,18,23). The topological polar surface area (TPSA) is 81.9 Å². The number of nitrogens with one attached hydrogen (secondary N) is 1. The monoisotopic (exact) mass is 329 g/mol. The summed E-state index contributed by atoms with van der Waals surface area (Å²) >= 11 is 0. The van der Waals surface area contributed by atoms with E-state index in [9.17, 15) is 4.79 Å². The zero-order valence-corrected chi connectivity index (χ0v) is 14.2. The molecule has 128 valence electrons. The molecular weight excluding hydrogens is 306 g/mol. The smallest absolute Gasteiger partial charge is 0.271 e. The molecule has 1 saturated heterocycles. The van der Waals surface area contributed by atoms with Crippen LogP contribution in [0.15, 0.2) is 18.6 Å². The molecule has 0 bridgehead atoms. The van der Waals surface area contributed by atoms with Crippen LogP contribution in [0.1, 0.15) is 46.5 Å². The van der Waals surface area contributed by atoms with E-state index in [0.29, 0.717) is 24.7 Å². The molecule has 1 amide bonds. The number of carbonyl (C=O) groups is 1. The fourth-order valence-electron chi connectivity index (χ4n) is 2.93. The predicted octanol–water partition coefficient (Wildman–Crippen LogP) is 1.61. The van der Waals surface area contributed by atoms with Crippen molar-refractivity contribution in [3.63, 3.8) is 0 Å². The van der Waals surface area contributed by atoms with Crippen LogP contribution in [0.2, 0.25) is 0 Å². The first kappa shape index (κ1) is 16.6. The van der Waals surface area contributed by atoms with E-state index in [1.807, 2.05) is 20.0 Å². The normalized spacial score (nSPS) is 15.4. The van der Waals surface area contributed by atoms with Crippen molar-refractivity contribution in [2.45, 2.75) is 39.2 Å². The van der Waals surface area contributed by atoms with Crippen LogP contribution in [0.3, 0.4) is 0 Å². The van der Waals surface area contributed by atoms with Crippen LogP contribution in [0.4, 0.5) is 0 Å². The number of rotatable bonds is 5. The number of aryl methyl sites for hydroxylation is 2. The van der Waals surface area contributed by atoms with Crippen molar-refractivity contribution in [1.82, 2.24) is 24.8 Å². The Morgan fingerprint density at radius 2 is 2.00 bits per heavy atom. The second-order valence-electron chi connectivity index (χ2n) is 6.09. The van der Waals surface area contributed by atoms with E-state index in [4.69, 9.17) is 4.74 Å². The van der Waals surface area contributed by atoms with E-state index in [2.05, 4.69) is 24.8 Å². The lowest BCUT2D eigenvalue weighted by molar-refractivity contribution is 0.0827. The number of amides is 1. The SMILES string of the molecule is Cc1cnc(C(=O)NCCn2c(C)cnc2C2CCOCC2)cn1. The number of carbonyl (C=O) groups excluding carboxylic acids is 1. The van der Waals surface area contributed by atoms with Gasteiger partial charge in [-0.05, 0) is 26.7 Å². The molecule has 0 saturated carbocycles. The van der Waals surface area contributed by atoms with Crippen LogP contribution in [0.25, 0.3) is 0 Å². The summed E-state index contributed by atoms with van der Waals surface area (Å²) in [6.07, 6.45) is 7.00. The van der Waals surface area contributed by atoms with Gasteiger partial charge < -0.3 is 14.6 Å². The molecule has 0 atom stereocenters. The second kappa shape index (κ2) is 7.53. The van der Waals surface area contributed by atoms with E-state index in [0.717, 1.165) is 43.3 Å². The van der Waals surface area contributed by atoms with Crippen LogP contribution in [0.5, 0.6) is 0 Å². The van der Waals surface area contributed by atoms with Crippen molar-refractivity contribution in [3.8, 4) is 0 Å². The zero-order valence-electron chi connectivity index (χ0n) is 14.2. The Morgan fingerprint density at radius 3 is 2.71 bits per heavy atom. The number of hydrogen-bond donors (Lipinski definition) is 1. The third-order valence-corrected chi connectivity index (χ3v) is 4.31. The first-order valence-corrected chi connectivity index (χ1v) is 8.32. The molecular formula is C17H23N5O2. The molecule has 1 fully saturated rings. The molecule has 0 radical (unpaired) electrons. The van der Waals surface area contributed by atoms with Gasteiger partial charge in [0.2, 0.25) is 0 Å². The molecule has 0 aromatic carbocycles. The number of nitrogens with zero attached hydrogens (tertiary/aromatic N) is 4. The van der Waals surface area contributed by atoms with Crippen molar-refractivity contribution in [3.05, 3.63) is 41.5 Å². The lowest BCUT2D eigenvalue weighted by Crippen LogP contribution is -2.29. The van der Waals surface area contributed by atoms with Crippen LogP contribution in [-0.2, 0) is 11.3 Å². The predicted molar refractivity (Wildman–Crippen MR) is 88.9 cm³/mol. The van der Waals surface area contributed by atoms with Crippen molar-refractivity contribution in [2.24, 2.45) is 0 Å². The quantitative estimate of drug-likeness (QED) is 0.901. The van der Waals surface area contributed by atoms with Gasteiger partial charge in [-0.15, -0.1) is 0 Å². The Morgan fingerprint density at radius 1 is 1.21 bits per heavy atom. The van der Waals surface area contributed by atoms with Crippen LogP contribution in [-0.4, -0.2) is 45.2 Å². The minimum Gasteiger partial charge on any atom is -0.381 e. The molecule has 7 heteroatoms. The summed E-state index contributed by atoms with van der Waals surface area (Å²) in [5.74, 6) is 1.33. The highest BCUT2D eigenvalue weighted by molar-refractivity contribution is 5.91. The van der Waals surface area contributed by atoms with Gasteiger partial charge in [-0.3, -0.25) is 9.78 Å². The summed E-state index contributed by atoms with van der Waals surface area (Å²) < 4.78 is 7.62. The second-order valence-corrected chi connectivity index (χ2v) is 6.09. The molecule has 3 heterocycles. The van der Waals surface area contributed by atoms with Crippen LogP contribution < -0.4 is 5.32 Å². The van der Waals surface area contributed by atoms with Crippen LogP contribution in [0, 0.1) is 13.8 Å². The van der Waals surface area contributed by atoms with E-state index >= 15 is 0 Å². The highest BCUT2D eigenvalue weighted by atomic mass is 16.5. The molecule has 0 unspecified atom stereocenters. The Kier molecular flexibility index (Phi) is 5.20. The lowest BCUT2D eigenvalue weighted by atomic mass is 9.99. The van der Waals surface area contributed by atoms with Gasteiger partial charge in [0, 0.05) is 50.3 Å². The van der Waals surface area contributed by atoms with Gasteiger partial charge in [-0.25, -0.2) is 9.97 Å². The molecule has 24 heavy (non-hydrogen) atoms. The first-order valence-electron chi connectivity index (χ1n) is 8.32. The maximum atomic E-state index is 12.1. The van der Waals surface area contributed by atoms with E-state index in [1.165, 1.54) is 6.20 Å². The fourth-order valence-corrected chi connectivity index (χ4v) is 2.93. The Labute approximate surface area is 141 Å². The van der Waals surface area contributed by atoms with Crippen molar-refractivity contribution in [1.29, 1.82) is 0 Å². The molecule has 0 aliphatic carbocycles. The number of hydrogen-bond acceptors (Lipinski definition) is 5. The molecule has 1 aliphatic heterocycles. The summed E-state index contributed by atoms with van der Waals surface area (Å²) in [7, 11) is 0. The molecule has 2 aromatic rings. The average molecular weight is 329 g/mol. The summed E-state index contributed by atoms with van der Waals surface area (Å²) in [5, 5.41) is 2.90. The summed E-state index contributed by atoms with van der Waals surface area (Å²) in [6, 6.07) is 0. The van der Waals surface area contributed by atoms with Crippen molar-refractivity contribution in [2.75, 3.05) is 19.8 Å². The third kappa shape index (κ3) is 3.79. The minimum absolute atomic E-state index is 0.201. The van der Waals surface area contributed by atoms with Gasteiger partial charge in [0.1, 0.15) is 11.5 Å². The Balaban J connectivity index is 1.59. The molecule has 1 N–H and O–H groups in total. The molecule has 1 aliphatic rings. The van der Waals surface area contributed by atoms with Gasteiger partial charge >= 0.3 is 0 Å². The van der Waals surface area contributed by atoms with Crippen LogP contribution >= 0.6 is 0 Å². The molecule has 7 nitrogen and oxygen atoms in total. The first-order chi connectivity index (χ1) is 11.6. The van der Waals surface area contributed by atoms with Crippen molar-refractivity contribution < 1.29 is 9.53 Å². The Bertz CT molecular complexity index is 690. The van der Waals surface area contributed by atoms with E-state index < -0.39 is 0 Å². The number of imidazole rings is 1. The fraction of sp³-hybridized carbons (Fsp3) is 0.529. The number of ether oxygens (including phenoxy) is 1. The highest BCUT2D eigenvalue weighted by Crippen LogP contribution is 2.26. The van der Waals surface area contributed by atoms with Gasteiger partial charge in [-0.2, -0.15) is 0 Å². The van der Waals surface area contributed by atoms with Gasteiger partial charge in [0.25, 0.3) is 5.91 Å². The van der Waals surface area contributed by atoms with E-state index in [-0.39, 0.29) is 5.91 Å². The third-order valence-electron chi connectivity index (χ3n) is 4.31. The van der Waals surface area contributed by atoms with Crippen molar-refractivity contribution >= 4 is 5.91 Å². The average Bonchev–Trinajstić information content (AvgIpc) is 2.97. The maximum Gasteiger partial charge on any atom is 0.271 e. The lowest BCUT2D eigenvalue weighted by Gasteiger charge is -2.23. The minimum atomic E-state index is -0.201. The Hall–Kier alpha value is -2.28. The largest absolute Gasteiger partial charge is 0.381 e. The number of aromatic nitrogens is 4. The maximum absolute atomic E-state index is 12.1. The summed E-state index contributed by atoms with van der Waals surface area (Å²) in [4.78, 5) is 24.9. The van der Waals surface area contributed by atoms with Gasteiger partial charge in [0.15, 0.2) is 0 Å². The highest BCUT2D eigenvalue weighted by Gasteiger charge is 2.21.